The van der Waals surface area contributed by atoms with Crippen LogP contribution in [0.5, 0.6) is 0 Å². The van der Waals surface area contributed by atoms with E-state index in [1.807, 2.05) is 6.92 Å². The van der Waals surface area contributed by atoms with E-state index in [0.717, 1.165) is 18.4 Å². The molecule has 1 heterocycles. The molecule has 6 heteroatoms. The van der Waals surface area contributed by atoms with Gasteiger partial charge in [-0.2, -0.15) is 0 Å². The molecule has 0 radical (unpaired) electrons. The largest absolute Gasteiger partial charge is 0.394 e. The maximum absolute atomic E-state index is 9.99. The second kappa shape index (κ2) is 7.88. The molecule has 2 rings (SSSR count). The van der Waals surface area contributed by atoms with E-state index in [1.54, 1.807) is 0 Å². The predicted octanol–water partition coefficient (Wildman–Crippen LogP) is 0.351. The summed E-state index contributed by atoms with van der Waals surface area (Å²) in [5, 5.41) is 38.7. The number of hydrogen-bond donors (Lipinski definition) is 4. The van der Waals surface area contributed by atoms with Crippen molar-refractivity contribution in [3.05, 3.63) is 23.8 Å². The lowest BCUT2D eigenvalue weighted by Gasteiger charge is -2.40. The van der Waals surface area contributed by atoms with Gasteiger partial charge in [-0.3, -0.25) is 0 Å². The van der Waals surface area contributed by atoms with Crippen LogP contribution in [0.1, 0.15) is 26.7 Å². The van der Waals surface area contributed by atoms with Gasteiger partial charge < -0.3 is 29.9 Å². The summed E-state index contributed by atoms with van der Waals surface area (Å²) in [6.45, 7) is 7.98. The molecule has 7 atom stereocenters. The fourth-order valence-corrected chi connectivity index (χ4v) is 3.14. The standard InChI is InChI=1S/C17H28O6/c1-9(2)11-5-4-10(3)12(6-11)8-22-17-16(21)15(20)14(19)13(7-18)23-17/h4,11-21H,1,5-8H2,2-3H3/t11-,12-,13-,14-,15+,16-,17-/m1/s1. The molecule has 0 spiro atoms. The van der Waals surface area contributed by atoms with Crippen LogP contribution >= 0.6 is 0 Å². The Bertz CT molecular complexity index is 446. The SMILES string of the molecule is C=C(C)[C@@H]1CC=C(C)[C@@H](CO[C@@H]2O[C@H](CO)[C@@H](O)[C@H](O)[C@H]2O)C1. The molecule has 1 fully saturated rings. The second-order valence-electron chi connectivity index (χ2n) is 6.69. The summed E-state index contributed by atoms with van der Waals surface area (Å²) in [5.74, 6) is 0.611. The predicted molar refractivity (Wildman–Crippen MR) is 84.5 cm³/mol. The zero-order valence-corrected chi connectivity index (χ0v) is 13.8. The highest BCUT2D eigenvalue weighted by Crippen LogP contribution is 2.33. The number of allylic oxidation sites excluding steroid dienone is 2. The van der Waals surface area contributed by atoms with Crippen LogP contribution in [-0.4, -0.2) is 64.3 Å². The highest BCUT2D eigenvalue weighted by atomic mass is 16.7. The fraction of sp³-hybridized carbons (Fsp3) is 0.765. The van der Waals surface area contributed by atoms with Crippen LogP contribution < -0.4 is 0 Å². The first kappa shape index (κ1) is 18.6. The van der Waals surface area contributed by atoms with Gasteiger partial charge in [0.2, 0.25) is 0 Å². The van der Waals surface area contributed by atoms with Gasteiger partial charge in [0.1, 0.15) is 24.4 Å². The van der Waals surface area contributed by atoms with Crippen LogP contribution in [0.4, 0.5) is 0 Å². The average Bonchev–Trinajstić information content (AvgIpc) is 2.53. The third-order valence-electron chi connectivity index (χ3n) is 4.94. The van der Waals surface area contributed by atoms with E-state index in [2.05, 4.69) is 19.6 Å². The van der Waals surface area contributed by atoms with Gasteiger partial charge >= 0.3 is 0 Å². The molecule has 2 aliphatic rings. The minimum absolute atomic E-state index is 0.192. The Kier molecular flexibility index (Phi) is 6.36. The summed E-state index contributed by atoms with van der Waals surface area (Å²) in [7, 11) is 0. The van der Waals surface area contributed by atoms with Crippen molar-refractivity contribution >= 4 is 0 Å². The number of ether oxygens (including phenoxy) is 2. The molecule has 4 N–H and O–H groups in total. The van der Waals surface area contributed by atoms with Crippen LogP contribution in [0.25, 0.3) is 0 Å². The van der Waals surface area contributed by atoms with Gasteiger partial charge in [-0.05, 0) is 32.6 Å². The van der Waals surface area contributed by atoms with Crippen molar-refractivity contribution in [3.63, 3.8) is 0 Å². The topological polar surface area (TPSA) is 99.4 Å². The minimum atomic E-state index is -1.41. The van der Waals surface area contributed by atoms with Crippen LogP contribution in [0.15, 0.2) is 23.8 Å². The molecule has 1 saturated heterocycles. The Balaban J connectivity index is 1.95. The van der Waals surface area contributed by atoms with Crippen molar-refractivity contribution in [2.24, 2.45) is 11.8 Å². The van der Waals surface area contributed by atoms with Crippen molar-refractivity contribution in [1.82, 2.24) is 0 Å². The third kappa shape index (κ3) is 4.21. The van der Waals surface area contributed by atoms with Gasteiger partial charge in [-0.25, -0.2) is 0 Å². The summed E-state index contributed by atoms with van der Waals surface area (Å²) in [5.41, 5.74) is 2.37. The van der Waals surface area contributed by atoms with Crippen LogP contribution in [-0.2, 0) is 9.47 Å². The summed E-state index contributed by atoms with van der Waals surface area (Å²) in [6, 6.07) is 0. The molecule has 1 aliphatic heterocycles. The molecule has 0 amide bonds. The number of aliphatic hydroxyl groups is 4. The van der Waals surface area contributed by atoms with E-state index >= 15 is 0 Å². The number of aliphatic hydroxyl groups excluding tert-OH is 4. The first-order valence-electron chi connectivity index (χ1n) is 8.09. The van der Waals surface area contributed by atoms with Gasteiger partial charge in [-0.15, -0.1) is 0 Å². The van der Waals surface area contributed by atoms with Crippen LogP contribution in [0, 0.1) is 11.8 Å². The molecule has 0 unspecified atom stereocenters. The number of rotatable bonds is 5. The Labute approximate surface area is 137 Å². The fourth-order valence-electron chi connectivity index (χ4n) is 3.14. The molecular formula is C17H28O6. The van der Waals surface area contributed by atoms with Crippen LogP contribution in [0.2, 0.25) is 0 Å². The van der Waals surface area contributed by atoms with Crippen molar-refractivity contribution < 1.29 is 29.9 Å². The second-order valence-corrected chi connectivity index (χ2v) is 6.69. The molecule has 0 aromatic carbocycles. The minimum Gasteiger partial charge on any atom is -0.394 e. The molecule has 23 heavy (non-hydrogen) atoms. The van der Waals surface area contributed by atoms with Crippen molar-refractivity contribution in [2.75, 3.05) is 13.2 Å². The van der Waals surface area contributed by atoms with Crippen LogP contribution in [0.3, 0.4) is 0 Å². The molecule has 0 aromatic heterocycles. The third-order valence-corrected chi connectivity index (χ3v) is 4.94. The van der Waals surface area contributed by atoms with Gasteiger partial charge in [0.25, 0.3) is 0 Å². The summed E-state index contributed by atoms with van der Waals surface area (Å²) < 4.78 is 11.0. The zero-order valence-electron chi connectivity index (χ0n) is 13.8. The first-order chi connectivity index (χ1) is 10.8. The molecule has 1 aliphatic carbocycles. The lowest BCUT2D eigenvalue weighted by Crippen LogP contribution is -2.59. The zero-order chi connectivity index (χ0) is 17.1. The Morgan fingerprint density at radius 3 is 2.61 bits per heavy atom. The van der Waals surface area contributed by atoms with Crippen molar-refractivity contribution in [3.8, 4) is 0 Å². The van der Waals surface area contributed by atoms with Gasteiger partial charge in [0, 0.05) is 5.92 Å². The lowest BCUT2D eigenvalue weighted by molar-refractivity contribution is -0.302. The molecule has 0 bridgehead atoms. The van der Waals surface area contributed by atoms with E-state index in [4.69, 9.17) is 9.47 Å². The lowest BCUT2D eigenvalue weighted by atomic mass is 9.79. The Morgan fingerprint density at radius 2 is 2.00 bits per heavy atom. The van der Waals surface area contributed by atoms with E-state index in [0.29, 0.717) is 12.5 Å². The summed E-state index contributed by atoms with van der Waals surface area (Å²) in [4.78, 5) is 0. The van der Waals surface area contributed by atoms with E-state index in [9.17, 15) is 20.4 Å². The summed E-state index contributed by atoms with van der Waals surface area (Å²) >= 11 is 0. The maximum atomic E-state index is 9.99. The van der Waals surface area contributed by atoms with E-state index in [1.165, 1.54) is 5.57 Å². The van der Waals surface area contributed by atoms with Crippen molar-refractivity contribution in [1.29, 1.82) is 0 Å². The highest BCUT2D eigenvalue weighted by Gasteiger charge is 2.44. The maximum Gasteiger partial charge on any atom is 0.186 e. The smallest absolute Gasteiger partial charge is 0.186 e. The van der Waals surface area contributed by atoms with Gasteiger partial charge in [-0.1, -0.05) is 23.8 Å². The molecule has 132 valence electrons. The Morgan fingerprint density at radius 1 is 1.30 bits per heavy atom. The monoisotopic (exact) mass is 328 g/mol. The van der Waals surface area contributed by atoms with E-state index in [-0.39, 0.29) is 5.92 Å². The molecule has 0 saturated carbocycles. The summed E-state index contributed by atoms with van der Waals surface area (Å²) in [6.07, 6.45) is -2.03. The molecule has 6 nitrogen and oxygen atoms in total. The quantitative estimate of drug-likeness (QED) is 0.544. The average molecular weight is 328 g/mol. The normalized spacial score (nSPS) is 41.5. The molecular weight excluding hydrogens is 300 g/mol. The van der Waals surface area contributed by atoms with Crippen molar-refractivity contribution in [2.45, 2.75) is 57.4 Å². The van der Waals surface area contributed by atoms with E-state index < -0.39 is 37.3 Å². The highest BCUT2D eigenvalue weighted by molar-refractivity contribution is 5.13. The molecule has 0 aromatic rings. The van der Waals surface area contributed by atoms with Gasteiger partial charge in [0.15, 0.2) is 6.29 Å². The number of hydrogen-bond acceptors (Lipinski definition) is 6. The van der Waals surface area contributed by atoms with Gasteiger partial charge in [0.05, 0.1) is 13.2 Å². The Hall–Kier alpha value is -0.760. The first-order valence-corrected chi connectivity index (χ1v) is 8.09.